The molecule has 0 bridgehead atoms. The van der Waals surface area contributed by atoms with E-state index in [0.29, 0.717) is 5.56 Å². The summed E-state index contributed by atoms with van der Waals surface area (Å²) in [5.74, 6) is 0.772. The molecule has 0 heterocycles. The molecule has 0 radical (unpaired) electrons. The lowest BCUT2D eigenvalue weighted by Crippen LogP contribution is -2.50. The Labute approximate surface area is 128 Å². The van der Waals surface area contributed by atoms with Gasteiger partial charge in [0.2, 0.25) is 0 Å². The molecule has 1 aliphatic rings. The Morgan fingerprint density at radius 1 is 1.42 bits per heavy atom. The largest absolute Gasteiger partial charge is 0.490 e. The van der Waals surface area contributed by atoms with E-state index in [1.165, 1.54) is 6.42 Å². The van der Waals surface area contributed by atoms with Crippen LogP contribution >= 0.6 is 22.6 Å². The van der Waals surface area contributed by atoms with Crippen LogP contribution in [0.5, 0.6) is 5.75 Å². The molecule has 0 saturated heterocycles. The summed E-state index contributed by atoms with van der Waals surface area (Å²) in [6, 6.07) is 5.61. The lowest BCUT2D eigenvalue weighted by atomic mass is 9.78. The zero-order chi connectivity index (χ0) is 14.0. The first-order valence-corrected chi connectivity index (χ1v) is 7.76. The molecular formula is C15H20INO2. The summed E-state index contributed by atoms with van der Waals surface area (Å²) in [7, 11) is 0. The molecule has 2 rings (SSSR count). The van der Waals surface area contributed by atoms with E-state index in [9.17, 15) is 4.79 Å². The molecule has 1 aliphatic carbocycles. The molecule has 1 amide bonds. The van der Waals surface area contributed by atoms with Crippen LogP contribution in [-0.4, -0.2) is 17.6 Å². The number of benzene rings is 1. The number of hydrogen-bond donors (Lipinski definition) is 1. The van der Waals surface area contributed by atoms with Crippen LogP contribution in [0.2, 0.25) is 0 Å². The molecule has 1 saturated carbocycles. The van der Waals surface area contributed by atoms with E-state index >= 15 is 0 Å². The topological polar surface area (TPSA) is 38.3 Å². The molecule has 1 N–H and O–H groups in total. The summed E-state index contributed by atoms with van der Waals surface area (Å²) >= 11 is 2.22. The fourth-order valence-corrected chi connectivity index (χ4v) is 2.63. The van der Waals surface area contributed by atoms with Gasteiger partial charge in [-0.25, -0.2) is 0 Å². The SMILES string of the molecule is CC(C)Oc1cc(C(=O)NC2(C)CCC2)ccc1I. The fourth-order valence-electron chi connectivity index (χ4n) is 2.17. The number of carbonyl (C=O) groups excluding carboxylic acids is 1. The number of rotatable bonds is 4. The highest BCUT2D eigenvalue weighted by molar-refractivity contribution is 14.1. The Morgan fingerprint density at radius 3 is 2.63 bits per heavy atom. The average molecular weight is 373 g/mol. The number of nitrogens with one attached hydrogen (secondary N) is 1. The Hall–Kier alpha value is -0.780. The van der Waals surface area contributed by atoms with Gasteiger partial charge in [0.1, 0.15) is 5.75 Å². The second-order valence-corrected chi connectivity index (χ2v) is 6.84. The zero-order valence-electron chi connectivity index (χ0n) is 11.6. The summed E-state index contributed by atoms with van der Waals surface area (Å²) in [6.45, 7) is 6.07. The molecule has 1 fully saturated rings. The predicted octanol–water partition coefficient (Wildman–Crippen LogP) is 3.75. The van der Waals surface area contributed by atoms with Crippen LogP contribution in [0.1, 0.15) is 50.4 Å². The van der Waals surface area contributed by atoms with Gasteiger partial charge in [0.05, 0.1) is 9.67 Å². The van der Waals surface area contributed by atoms with E-state index in [2.05, 4.69) is 34.8 Å². The smallest absolute Gasteiger partial charge is 0.251 e. The van der Waals surface area contributed by atoms with Crippen LogP contribution in [-0.2, 0) is 0 Å². The number of hydrogen-bond acceptors (Lipinski definition) is 2. The van der Waals surface area contributed by atoms with Crippen LogP contribution in [0.25, 0.3) is 0 Å². The molecule has 4 heteroatoms. The molecule has 104 valence electrons. The molecule has 0 spiro atoms. The maximum absolute atomic E-state index is 12.2. The quantitative estimate of drug-likeness (QED) is 0.817. The lowest BCUT2D eigenvalue weighted by molar-refractivity contribution is 0.0849. The van der Waals surface area contributed by atoms with Crippen LogP contribution in [0.4, 0.5) is 0 Å². The minimum absolute atomic E-state index is 0.00722. The van der Waals surface area contributed by atoms with Gasteiger partial charge in [0.25, 0.3) is 5.91 Å². The second-order valence-electron chi connectivity index (χ2n) is 5.68. The molecule has 1 aromatic carbocycles. The minimum atomic E-state index is -0.0147. The summed E-state index contributed by atoms with van der Waals surface area (Å²) in [4.78, 5) is 12.2. The van der Waals surface area contributed by atoms with Crippen molar-refractivity contribution >= 4 is 28.5 Å². The normalized spacial score (nSPS) is 16.9. The van der Waals surface area contributed by atoms with Crippen LogP contribution in [0, 0.1) is 3.57 Å². The van der Waals surface area contributed by atoms with E-state index in [4.69, 9.17) is 4.74 Å². The third kappa shape index (κ3) is 3.61. The molecule has 0 atom stereocenters. The summed E-state index contributed by atoms with van der Waals surface area (Å²) in [5, 5.41) is 3.11. The van der Waals surface area contributed by atoms with Crippen LogP contribution in [0.3, 0.4) is 0 Å². The maximum Gasteiger partial charge on any atom is 0.251 e. The highest BCUT2D eigenvalue weighted by Crippen LogP contribution is 2.31. The first-order valence-electron chi connectivity index (χ1n) is 6.68. The summed E-state index contributed by atoms with van der Waals surface area (Å²) in [5.41, 5.74) is 0.656. The van der Waals surface area contributed by atoms with Gasteiger partial charge < -0.3 is 10.1 Å². The molecule has 0 aliphatic heterocycles. The van der Waals surface area contributed by atoms with Crippen molar-refractivity contribution in [2.24, 2.45) is 0 Å². The van der Waals surface area contributed by atoms with Crippen LogP contribution in [0.15, 0.2) is 18.2 Å². The first kappa shape index (κ1) is 14.6. The minimum Gasteiger partial charge on any atom is -0.490 e. The van der Waals surface area contributed by atoms with Crippen molar-refractivity contribution in [3.63, 3.8) is 0 Å². The fraction of sp³-hybridized carbons (Fsp3) is 0.533. The van der Waals surface area contributed by atoms with Gasteiger partial charge in [-0.15, -0.1) is 0 Å². The number of amides is 1. The van der Waals surface area contributed by atoms with E-state index < -0.39 is 0 Å². The summed E-state index contributed by atoms with van der Waals surface area (Å²) < 4.78 is 6.74. The zero-order valence-corrected chi connectivity index (χ0v) is 13.8. The van der Waals surface area contributed by atoms with Crippen molar-refractivity contribution in [3.8, 4) is 5.75 Å². The highest BCUT2D eigenvalue weighted by Gasteiger charge is 2.33. The Balaban J connectivity index is 2.13. The Kier molecular flexibility index (Phi) is 4.38. The molecule has 0 aromatic heterocycles. The van der Waals surface area contributed by atoms with Gasteiger partial charge in [-0.3, -0.25) is 4.79 Å². The third-order valence-corrected chi connectivity index (χ3v) is 4.32. The van der Waals surface area contributed by atoms with Gasteiger partial charge in [0.15, 0.2) is 0 Å². The van der Waals surface area contributed by atoms with E-state index in [-0.39, 0.29) is 17.6 Å². The van der Waals surface area contributed by atoms with Crippen molar-refractivity contribution in [1.29, 1.82) is 0 Å². The predicted molar refractivity (Wildman–Crippen MR) is 84.6 cm³/mol. The second kappa shape index (κ2) is 5.69. The Bertz CT molecular complexity index is 481. The molecule has 19 heavy (non-hydrogen) atoms. The van der Waals surface area contributed by atoms with Crippen molar-refractivity contribution < 1.29 is 9.53 Å². The standard InChI is InChI=1S/C15H20INO2/c1-10(2)19-13-9-11(5-6-12(13)16)14(18)17-15(3)7-4-8-15/h5-6,9-10H,4,7-8H2,1-3H3,(H,17,18). The maximum atomic E-state index is 12.2. The van der Waals surface area contributed by atoms with Crippen molar-refractivity contribution in [3.05, 3.63) is 27.3 Å². The van der Waals surface area contributed by atoms with E-state index in [1.807, 2.05) is 32.0 Å². The van der Waals surface area contributed by atoms with Crippen molar-refractivity contribution in [1.82, 2.24) is 5.32 Å². The van der Waals surface area contributed by atoms with Crippen molar-refractivity contribution in [2.45, 2.75) is 51.7 Å². The van der Waals surface area contributed by atoms with Gasteiger partial charge in [-0.1, -0.05) is 0 Å². The number of carbonyl (C=O) groups is 1. The lowest BCUT2D eigenvalue weighted by Gasteiger charge is -2.39. The van der Waals surface area contributed by atoms with Gasteiger partial charge >= 0.3 is 0 Å². The van der Waals surface area contributed by atoms with Gasteiger partial charge in [-0.2, -0.15) is 0 Å². The summed E-state index contributed by atoms with van der Waals surface area (Å²) in [6.07, 6.45) is 3.44. The van der Waals surface area contributed by atoms with E-state index in [1.54, 1.807) is 0 Å². The molecule has 1 aromatic rings. The van der Waals surface area contributed by atoms with Crippen LogP contribution < -0.4 is 10.1 Å². The van der Waals surface area contributed by atoms with Crippen molar-refractivity contribution in [2.75, 3.05) is 0 Å². The highest BCUT2D eigenvalue weighted by atomic mass is 127. The molecule has 3 nitrogen and oxygen atoms in total. The number of ether oxygens (including phenoxy) is 1. The number of halogens is 1. The monoisotopic (exact) mass is 373 g/mol. The van der Waals surface area contributed by atoms with E-state index in [0.717, 1.165) is 22.2 Å². The Morgan fingerprint density at radius 2 is 2.11 bits per heavy atom. The average Bonchev–Trinajstić information content (AvgIpc) is 2.29. The molecular weight excluding hydrogens is 353 g/mol. The first-order chi connectivity index (χ1) is 8.89. The van der Waals surface area contributed by atoms with Gasteiger partial charge in [0, 0.05) is 11.1 Å². The molecule has 0 unspecified atom stereocenters. The van der Waals surface area contributed by atoms with Gasteiger partial charge in [-0.05, 0) is 80.8 Å². The third-order valence-electron chi connectivity index (χ3n) is 3.43.